The lowest BCUT2D eigenvalue weighted by Gasteiger charge is -2.32. The van der Waals surface area contributed by atoms with Crippen LogP contribution in [0.5, 0.6) is 5.75 Å². The van der Waals surface area contributed by atoms with Crippen molar-refractivity contribution in [3.05, 3.63) is 82.7 Å². The highest BCUT2D eigenvalue weighted by Gasteiger charge is 2.33. The standard InChI is InChI=1S/C26H23F6N5O2/c1-15-34-14-19(22(13-27)36-39-17-5-8-33-23(11-17)26(30,31)32)25(35-15)16-6-9-37(10-7-16)24(38)12-18-20(28)3-2-4-21(18)29/h2-5,8,11,14,16H,6-7,9-10,12-13H2,1H3/b36-22+. The Morgan fingerprint density at radius 1 is 1.13 bits per heavy atom. The van der Waals surface area contributed by atoms with Crippen molar-refractivity contribution in [2.75, 3.05) is 19.8 Å². The quantitative estimate of drug-likeness (QED) is 0.230. The number of hydrogen-bond acceptors (Lipinski definition) is 6. The molecule has 1 saturated heterocycles. The lowest BCUT2D eigenvalue weighted by Crippen LogP contribution is -2.39. The molecule has 0 N–H and O–H groups in total. The summed E-state index contributed by atoms with van der Waals surface area (Å²) in [6.45, 7) is 1.09. The van der Waals surface area contributed by atoms with Gasteiger partial charge in [0.15, 0.2) is 5.75 Å². The van der Waals surface area contributed by atoms with Crippen molar-refractivity contribution in [3.63, 3.8) is 0 Å². The van der Waals surface area contributed by atoms with E-state index in [1.165, 1.54) is 17.2 Å². The van der Waals surface area contributed by atoms with Crippen molar-refractivity contribution >= 4 is 11.6 Å². The van der Waals surface area contributed by atoms with Crippen LogP contribution in [0.2, 0.25) is 0 Å². The first-order chi connectivity index (χ1) is 18.6. The van der Waals surface area contributed by atoms with E-state index in [0.29, 0.717) is 30.4 Å². The summed E-state index contributed by atoms with van der Waals surface area (Å²) in [5.74, 6) is -2.11. The van der Waals surface area contributed by atoms with Crippen molar-refractivity contribution in [3.8, 4) is 5.75 Å². The van der Waals surface area contributed by atoms with Gasteiger partial charge < -0.3 is 9.74 Å². The van der Waals surface area contributed by atoms with Crippen LogP contribution in [-0.4, -0.2) is 51.2 Å². The number of alkyl halides is 4. The molecule has 0 aliphatic carbocycles. The summed E-state index contributed by atoms with van der Waals surface area (Å²) in [6, 6.07) is 5.21. The number of amides is 1. The van der Waals surface area contributed by atoms with Crippen molar-refractivity contribution < 1.29 is 36.0 Å². The van der Waals surface area contributed by atoms with E-state index in [1.54, 1.807) is 6.92 Å². The number of hydrogen-bond donors (Lipinski definition) is 0. The maximum Gasteiger partial charge on any atom is 0.433 e. The maximum atomic E-state index is 14.0. The minimum atomic E-state index is -4.69. The van der Waals surface area contributed by atoms with Crippen molar-refractivity contribution in [2.45, 2.75) is 38.3 Å². The molecule has 39 heavy (non-hydrogen) atoms. The molecular formula is C26H23F6N5O2. The van der Waals surface area contributed by atoms with Gasteiger partial charge in [-0.15, -0.1) is 0 Å². The zero-order valence-corrected chi connectivity index (χ0v) is 20.7. The van der Waals surface area contributed by atoms with Gasteiger partial charge in [0, 0.05) is 54.7 Å². The fourth-order valence-electron chi connectivity index (χ4n) is 4.26. The Bertz CT molecular complexity index is 1350. The van der Waals surface area contributed by atoms with Gasteiger partial charge in [-0.3, -0.25) is 9.78 Å². The summed E-state index contributed by atoms with van der Waals surface area (Å²) in [6.07, 6.45) is -1.99. The molecule has 1 aliphatic heterocycles. The van der Waals surface area contributed by atoms with Crippen LogP contribution in [0.15, 0.2) is 47.9 Å². The molecule has 0 spiro atoms. The number of halogens is 6. The van der Waals surface area contributed by atoms with Gasteiger partial charge in [0.05, 0.1) is 12.1 Å². The zero-order chi connectivity index (χ0) is 28.2. The zero-order valence-electron chi connectivity index (χ0n) is 20.7. The molecule has 1 aliphatic rings. The fourth-order valence-corrected chi connectivity index (χ4v) is 4.26. The van der Waals surface area contributed by atoms with Gasteiger partial charge in [-0.25, -0.2) is 23.1 Å². The third kappa shape index (κ3) is 6.70. The number of carbonyl (C=O) groups excluding carboxylic acids is 1. The van der Waals surface area contributed by atoms with Crippen LogP contribution < -0.4 is 4.84 Å². The molecule has 206 valence electrons. The van der Waals surface area contributed by atoms with Gasteiger partial charge in [0.1, 0.15) is 35.5 Å². The molecule has 0 bridgehead atoms. The van der Waals surface area contributed by atoms with E-state index in [1.807, 2.05) is 0 Å². The molecule has 1 amide bonds. The molecule has 1 fully saturated rings. The third-order valence-electron chi connectivity index (χ3n) is 6.28. The van der Waals surface area contributed by atoms with E-state index in [0.717, 1.165) is 24.4 Å². The number of carbonyl (C=O) groups is 1. The number of piperidine rings is 1. The summed E-state index contributed by atoms with van der Waals surface area (Å²) < 4.78 is 80.7. The van der Waals surface area contributed by atoms with Gasteiger partial charge in [-0.1, -0.05) is 11.2 Å². The van der Waals surface area contributed by atoms with E-state index in [4.69, 9.17) is 4.84 Å². The van der Waals surface area contributed by atoms with Gasteiger partial charge in [0.25, 0.3) is 0 Å². The van der Waals surface area contributed by atoms with Crippen LogP contribution in [0.1, 0.15) is 47.1 Å². The number of rotatable bonds is 7. The average molecular weight is 551 g/mol. The lowest BCUT2D eigenvalue weighted by atomic mass is 9.89. The predicted octanol–water partition coefficient (Wildman–Crippen LogP) is 5.18. The number of nitrogens with zero attached hydrogens (tertiary/aromatic N) is 5. The monoisotopic (exact) mass is 551 g/mol. The molecule has 0 atom stereocenters. The van der Waals surface area contributed by atoms with E-state index in [-0.39, 0.29) is 41.6 Å². The Kier molecular flexibility index (Phi) is 8.46. The van der Waals surface area contributed by atoms with E-state index >= 15 is 0 Å². The Morgan fingerprint density at radius 3 is 2.46 bits per heavy atom. The molecule has 3 heterocycles. The number of aromatic nitrogens is 3. The Balaban J connectivity index is 1.49. The van der Waals surface area contributed by atoms with Crippen molar-refractivity contribution in [1.82, 2.24) is 19.9 Å². The molecular weight excluding hydrogens is 528 g/mol. The lowest BCUT2D eigenvalue weighted by molar-refractivity contribution is -0.141. The molecule has 0 unspecified atom stereocenters. The molecule has 13 heteroatoms. The number of benzene rings is 1. The highest BCUT2D eigenvalue weighted by molar-refractivity contribution is 6.02. The van der Waals surface area contributed by atoms with Gasteiger partial charge in [0.2, 0.25) is 5.91 Å². The van der Waals surface area contributed by atoms with Crippen LogP contribution in [-0.2, 0) is 17.4 Å². The van der Waals surface area contributed by atoms with Crippen LogP contribution in [0.25, 0.3) is 0 Å². The van der Waals surface area contributed by atoms with Gasteiger partial charge in [-0.2, -0.15) is 13.2 Å². The molecule has 4 rings (SSSR count). The number of aryl methyl sites for hydroxylation is 1. The number of likely N-dealkylation sites (tertiary alicyclic amines) is 1. The molecule has 0 radical (unpaired) electrons. The van der Waals surface area contributed by atoms with Gasteiger partial charge >= 0.3 is 6.18 Å². The Morgan fingerprint density at radius 2 is 1.82 bits per heavy atom. The Hall–Kier alpha value is -4.03. The van der Waals surface area contributed by atoms with Crippen LogP contribution in [0.3, 0.4) is 0 Å². The fraction of sp³-hybridized carbons (Fsp3) is 0.346. The minimum absolute atomic E-state index is 0.219. The average Bonchev–Trinajstić information content (AvgIpc) is 2.91. The van der Waals surface area contributed by atoms with E-state index in [9.17, 15) is 31.1 Å². The second-order valence-corrected chi connectivity index (χ2v) is 8.89. The first kappa shape index (κ1) is 28.0. The summed E-state index contributed by atoms with van der Waals surface area (Å²) in [4.78, 5) is 31.1. The van der Waals surface area contributed by atoms with E-state index < -0.39 is 42.5 Å². The maximum absolute atomic E-state index is 14.0. The number of pyridine rings is 1. The first-order valence-electron chi connectivity index (χ1n) is 11.9. The molecule has 0 saturated carbocycles. The van der Waals surface area contributed by atoms with Crippen LogP contribution in [0.4, 0.5) is 26.3 Å². The largest absolute Gasteiger partial charge is 0.433 e. The topological polar surface area (TPSA) is 80.6 Å². The van der Waals surface area contributed by atoms with Gasteiger partial charge in [-0.05, 0) is 31.9 Å². The van der Waals surface area contributed by atoms with Crippen LogP contribution in [0, 0.1) is 18.6 Å². The van der Waals surface area contributed by atoms with Crippen LogP contribution >= 0.6 is 0 Å². The Labute approximate surface area is 219 Å². The minimum Gasteiger partial charge on any atom is -0.356 e. The highest BCUT2D eigenvalue weighted by atomic mass is 19.4. The van der Waals surface area contributed by atoms with Crippen molar-refractivity contribution in [1.29, 1.82) is 0 Å². The molecule has 3 aromatic rings. The summed E-state index contributed by atoms with van der Waals surface area (Å²) in [7, 11) is 0. The summed E-state index contributed by atoms with van der Waals surface area (Å²) in [5, 5.41) is 3.73. The normalized spacial score (nSPS) is 14.9. The summed E-state index contributed by atoms with van der Waals surface area (Å²) >= 11 is 0. The number of oxime groups is 1. The second kappa shape index (κ2) is 11.8. The SMILES string of the molecule is Cc1ncc(/C(CF)=N/Oc2ccnc(C(F)(F)F)c2)c(C2CCN(C(=O)Cc3c(F)cccc3F)CC2)n1. The molecule has 1 aromatic carbocycles. The second-order valence-electron chi connectivity index (χ2n) is 8.89. The predicted molar refractivity (Wildman–Crippen MR) is 128 cm³/mol. The smallest absolute Gasteiger partial charge is 0.356 e. The highest BCUT2D eigenvalue weighted by Crippen LogP contribution is 2.31. The van der Waals surface area contributed by atoms with E-state index in [2.05, 4.69) is 20.1 Å². The molecule has 2 aromatic heterocycles. The van der Waals surface area contributed by atoms with Crippen molar-refractivity contribution in [2.24, 2.45) is 5.16 Å². The first-order valence-corrected chi connectivity index (χ1v) is 11.9. The third-order valence-corrected chi connectivity index (χ3v) is 6.28. The molecule has 7 nitrogen and oxygen atoms in total. The summed E-state index contributed by atoms with van der Waals surface area (Å²) in [5.41, 5.74) is -1.01.